The van der Waals surface area contributed by atoms with E-state index in [1.807, 2.05) is 25.1 Å². The minimum Gasteiger partial charge on any atom is -0.512 e. The van der Waals surface area contributed by atoms with E-state index in [1.54, 1.807) is 0 Å². The SMILES string of the molecule is CC1=C(O)C2CCC(COCc3ccccc3)N(C1)C2. The summed E-state index contributed by atoms with van der Waals surface area (Å²) in [6.45, 7) is 5.40. The summed E-state index contributed by atoms with van der Waals surface area (Å²) < 4.78 is 5.89. The van der Waals surface area contributed by atoms with Crippen LogP contribution in [0.1, 0.15) is 25.3 Å². The average molecular weight is 273 g/mol. The second kappa shape index (κ2) is 5.98. The van der Waals surface area contributed by atoms with Crippen molar-refractivity contribution in [1.82, 2.24) is 4.90 Å². The van der Waals surface area contributed by atoms with E-state index in [0.717, 1.165) is 38.1 Å². The maximum Gasteiger partial charge on any atom is 0.0968 e. The molecule has 0 aromatic heterocycles. The van der Waals surface area contributed by atoms with Crippen molar-refractivity contribution in [2.75, 3.05) is 19.7 Å². The predicted octanol–water partition coefficient (Wildman–Crippen LogP) is 3.13. The molecule has 1 aromatic rings. The van der Waals surface area contributed by atoms with E-state index in [1.165, 1.54) is 5.56 Å². The molecule has 0 amide bonds. The van der Waals surface area contributed by atoms with Crippen molar-refractivity contribution >= 4 is 0 Å². The highest BCUT2D eigenvalue weighted by atomic mass is 16.5. The van der Waals surface area contributed by atoms with Gasteiger partial charge in [-0.05, 0) is 30.9 Å². The van der Waals surface area contributed by atoms with E-state index in [0.29, 0.717) is 24.3 Å². The molecule has 3 atom stereocenters. The molecule has 3 unspecified atom stereocenters. The Hall–Kier alpha value is -1.32. The standard InChI is InChI=1S/C17H23NO2/c1-13-9-18-10-15(17(13)19)7-8-16(18)12-20-11-14-5-3-2-4-6-14/h2-6,15-16,19H,7-12H2,1H3. The van der Waals surface area contributed by atoms with Crippen LogP contribution in [-0.4, -0.2) is 35.7 Å². The van der Waals surface area contributed by atoms with E-state index < -0.39 is 0 Å². The first kappa shape index (κ1) is 13.7. The van der Waals surface area contributed by atoms with Gasteiger partial charge in [-0.25, -0.2) is 0 Å². The van der Waals surface area contributed by atoms with Gasteiger partial charge in [0.1, 0.15) is 0 Å². The van der Waals surface area contributed by atoms with Crippen LogP contribution in [0.3, 0.4) is 0 Å². The number of aliphatic hydroxyl groups is 1. The average Bonchev–Trinajstić information content (AvgIpc) is 2.48. The molecule has 0 radical (unpaired) electrons. The Morgan fingerprint density at radius 3 is 2.85 bits per heavy atom. The monoisotopic (exact) mass is 273 g/mol. The summed E-state index contributed by atoms with van der Waals surface area (Å²) in [7, 11) is 0. The first-order valence-corrected chi connectivity index (χ1v) is 7.48. The normalized spacial score (nSPS) is 29.6. The second-order valence-corrected chi connectivity index (χ2v) is 6.02. The van der Waals surface area contributed by atoms with Gasteiger partial charge >= 0.3 is 0 Å². The van der Waals surface area contributed by atoms with Crippen LogP contribution in [0, 0.1) is 5.92 Å². The van der Waals surface area contributed by atoms with E-state index in [9.17, 15) is 5.11 Å². The molecule has 3 heteroatoms. The zero-order chi connectivity index (χ0) is 13.9. The Kier molecular flexibility index (Phi) is 4.08. The Bertz CT molecular complexity index is 483. The molecule has 0 aliphatic carbocycles. The number of nitrogens with zero attached hydrogens (tertiary/aromatic N) is 1. The third kappa shape index (κ3) is 2.89. The van der Waals surface area contributed by atoms with Crippen molar-refractivity contribution in [3.8, 4) is 0 Å². The molecule has 108 valence electrons. The van der Waals surface area contributed by atoms with Gasteiger partial charge in [0.2, 0.25) is 0 Å². The lowest BCUT2D eigenvalue weighted by Gasteiger charge is -2.43. The Morgan fingerprint density at radius 1 is 1.25 bits per heavy atom. The molecule has 2 bridgehead atoms. The fourth-order valence-corrected chi connectivity index (χ4v) is 3.33. The number of ether oxygens (including phenoxy) is 1. The molecular weight excluding hydrogens is 250 g/mol. The van der Waals surface area contributed by atoms with Gasteiger partial charge in [-0.15, -0.1) is 0 Å². The zero-order valence-electron chi connectivity index (χ0n) is 12.1. The lowest BCUT2D eigenvalue weighted by Crippen LogP contribution is -2.49. The van der Waals surface area contributed by atoms with E-state index in [-0.39, 0.29) is 0 Å². The Labute approximate surface area is 120 Å². The van der Waals surface area contributed by atoms with Crippen LogP contribution in [0.4, 0.5) is 0 Å². The molecular formula is C17H23NO2. The summed E-state index contributed by atoms with van der Waals surface area (Å²) in [6.07, 6.45) is 2.20. The molecule has 3 nitrogen and oxygen atoms in total. The lowest BCUT2D eigenvalue weighted by molar-refractivity contribution is 0.0138. The number of rotatable bonds is 4. The van der Waals surface area contributed by atoms with E-state index in [2.05, 4.69) is 17.0 Å². The predicted molar refractivity (Wildman–Crippen MR) is 79.5 cm³/mol. The highest BCUT2D eigenvalue weighted by Gasteiger charge is 2.34. The molecule has 3 rings (SSSR count). The van der Waals surface area contributed by atoms with Gasteiger partial charge in [0.05, 0.1) is 19.0 Å². The fraction of sp³-hybridized carbons (Fsp3) is 0.529. The third-order valence-corrected chi connectivity index (χ3v) is 4.51. The van der Waals surface area contributed by atoms with Gasteiger partial charge < -0.3 is 9.84 Å². The smallest absolute Gasteiger partial charge is 0.0968 e. The van der Waals surface area contributed by atoms with Crippen molar-refractivity contribution in [2.45, 2.75) is 32.4 Å². The van der Waals surface area contributed by atoms with Gasteiger partial charge in [-0.2, -0.15) is 0 Å². The first-order valence-electron chi connectivity index (χ1n) is 7.48. The van der Waals surface area contributed by atoms with Gasteiger partial charge in [-0.1, -0.05) is 30.3 Å². The minimum absolute atomic E-state index is 0.356. The van der Waals surface area contributed by atoms with E-state index in [4.69, 9.17) is 4.74 Å². The first-order chi connectivity index (χ1) is 9.74. The molecule has 2 aliphatic heterocycles. The summed E-state index contributed by atoms with van der Waals surface area (Å²) in [5.41, 5.74) is 2.36. The molecule has 1 aromatic carbocycles. The van der Waals surface area contributed by atoms with Crippen LogP contribution in [-0.2, 0) is 11.3 Å². The molecule has 1 saturated heterocycles. The highest BCUT2D eigenvalue weighted by Crippen LogP contribution is 2.32. The quantitative estimate of drug-likeness (QED) is 0.915. The van der Waals surface area contributed by atoms with Gasteiger partial charge in [0.15, 0.2) is 0 Å². The summed E-state index contributed by atoms with van der Waals surface area (Å²) in [6, 6.07) is 10.8. The number of hydrogen-bond acceptors (Lipinski definition) is 3. The number of hydrogen-bond donors (Lipinski definition) is 1. The van der Waals surface area contributed by atoms with Crippen molar-refractivity contribution in [2.24, 2.45) is 5.92 Å². The van der Waals surface area contributed by atoms with Crippen molar-refractivity contribution in [1.29, 1.82) is 0 Å². The van der Waals surface area contributed by atoms with Crippen LogP contribution < -0.4 is 0 Å². The summed E-state index contributed by atoms with van der Waals surface area (Å²) in [5, 5.41) is 10.0. The topological polar surface area (TPSA) is 32.7 Å². The Balaban J connectivity index is 1.52. The number of benzene rings is 1. The van der Waals surface area contributed by atoms with Gasteiger partial charge in [-0.3, -0.25) is 4.90 Å². The number of piperidine rings is 1. The lowest BCUT2D eigenvalue weighted by atomic mass is 9.86. The van der Waals surface area contributed by atoms with Gasteiger partial charge in [0, 0.05) is 25.0 Å². The maximum absolute atomic E-state index is 10.0. The molecule has 1 fully saturated rings. The van der Waals surface area contributed by atoms with E-state index >= 15 is 0 Å². The fourth-order valence-electron chi connectivity index (χ4n) is 3.33. The van der Waals surface area contributed by atoms with Gasteiger partial charge in [0.25, 0.3) is 0 Å². The second-order valence-electron chi connectivity index (χ2n) is 6.02. The molecule has 0 spiro atoms. The van der Waals surface area contributed by atoms with Crippen LogP contribution in [0.5, 0.6) is 0 Å². The van der Waals surface area contributed by atoms with Crippen molar-refractivity contribution in [3.63, 3.8) is 0 Å². The zero-order valence-corrected chi connectivity index (χ0v) is 12.1. The van der Waals surface area contributed by atoms with Crippen molar-refractivity contribution in [3.05, 3.63) is 47.2 Å². The molecule has 1 N–H and O–H groups in total. The van der Waals surface area contributed by atoms with Crippen molar-refractivity contribution < 1.29 is 9.84 Å². The number of fused-ring (bicyclic) bond motifs is 2. The van der Waals surface area contributed by atoms with Crippen LogP contribution in [0.2, 0.25) is 0 Å². The maximum atomic E-state index is 10.0. The largest absolute Gasteiger partial charge is 0.512 e. The van der Waals surface area contributed by atoms with Crippen LogP contribution >= 0.6 is 0 Å². The molecule has 2 aliphatic rings. The molecule has 2 heterocycles. The summed E-state index contributed by atoms with van der Waals surface area (Å²) in [4.78, 5) is 2.47. The molecule has 0 saturated carbocycles. The summed E-state index contributed by atoms with van der Waals surface area (Å²) in [5.74, 6) is 0.999. The Morgan fingerprint density at radius 2 is 2.05 bits per heavy atom. The summed E-state index contributed by atoms with van der Waals surface area (Å²) >= 11 is 0. The van der Waals surface area contributed by atoms with Crippen LogP contribution in [0.25, 0.3) is 0 Å². The third-order valence-electron chi connectivity index (χ3n) is 4.51. The molecule has 20 heavy (non-hydrogen) atoms. The highest BCUT2D eigenvalue weighted by molar-refractivity contribution is 5.16. The number of aliphatic hydroxyl groups excluding tert-OH is 1. The minimum atomic E-state index is 0.356. The van der Waals surface area contributed by atoms with Crippen LogP contribution in [0.15, 0.2) is 41.7 Å².